The third-order valence-corrected chi connectivity index (χ3v) is 5.58. The van der Waals surface area contributed by atoms with Gasteiger partial charge in [0.2, 0.25) is 0 Å². The number of pyridine rings is 1. The van der Waals surface area contributed by atoms with Gasteiger partial charge in [-0.05, 0) is 48.2 Å². The lowest BCUT2D eigenvalue weighted by atomic mass is 9.93. The number of benzene rings is 3. The Morgan fingerprint density at radius 2 is 1.69 bits per heavy atom. The highest BCUT2D eigenvalue weighted by atomic mass is 35.5. The third-order valence-electron chi connectivity index (χ3n) is 5.16. The van der Waals surface area contributed by atoms with Gasteiger partial charge in [0.25, 0.3) is 0 Å². The minimum absolute atomic E-state index is 0.490. The molecule has 0 bridgehead atoms. The summed E-state index contributed by atoms with van der Waals surface area (Å²) < 4.78 is 5.89. The van der Waals surface area contributed by atoms with E-state index in [2.05, 4.69) is 4.98 Å². The highest BCUT2D eigenvalue weighted by molar-refractivity contribution is 6.36. The molecule has 3 nitrogen and oxygen atoms in total. The molecule has 0 amide bonds. The maximum atomic E-state index is 11.0. The first-order valence-corrected chi connectivity index (χ1v) is 9.91. The van der Waals surface area contributed by atoms with Crippen molar-refractivity contribution in [3.8, 4) is 5.75 Å². The number of hydrogen-bond donors (Lipinski definition) is 1. The first kappa shape index (κ1) is 19.4. The molecule has 0 fully saturated rings. The Hall–Kier alpha value is -2.88. The Kier molecular flexibility index (Phi) is 5.52. The van der Waals surface area contributed by atoms with E-state index in [1.807, 2.05) is 80.6 Å². The summed E-state index contributed by atoms with van der Waals surface area (Å²) in [7, 11) is 0. The molecule has 4 aromatic rings. The lowest BCUT2D eigenvalue weighted by Gasteiger charge is -2.18. The molecule has 146 valence electrons. The number of aliphatic hydroxyl groups is 1. The van der Waals surface area contributed by atoms with Gasteiger partial charge in [-0.3, -0.25) is 4.98 Å². The topological polar surface area (TPSA) is 42.4 Å². The van der Waals surface area contributed by atoms with E-state index >= 15 is 0 Å². The van der Waals surface area contributed by atoms with Crippen molar-refractivity contribution in [2.75, 3.05) is 0 Å². The smallest absolute Gasteiger partial charge is 0.122 e. The zero-order valence-electron chi connectivity index (χ0n) is 16.4. The van der Waals surface area contributed by atoms with E-state index in [9.17, 15) is 5.11 Å². The normalized spacial score (nSPS) is 12.1. The van der Waals surface area contributed by atoms with Gasteiger partial charge in [0.1, 0.15) is 18.5 Å². The fourth-order valence-electron chi connectivity index (χ4n) is 3.59. The van der Waals surface area contributed by atoms with E-state index in [4.69, 9.17) is 16.3 Å². The van der Waals surface area contributed by atoms with Crippen LogP contribution in [0.25, 0.3) is 10.9 Å². The molecule has 0 aliphatic carbocycles. The number of aryl methyl sites for hydroxylation is 2. The van der Waals surface area contributed by atoms with Gasteiger partial charge in [-0.25, -0.2) is 0 Å². The molecule has 0 radical (unpaired) electrons. The van der Waals surface area contributed by atoms with Crippen LogP contribution in [0.4, 0.5) is 0 Å². The average molecular weight is 404 g/mol. The minimum atomic E-state index is -0.824. The largest absolute Gasteiger partial charge is 0.489 e. The standard InChI is InChI=1S/C25H22ClNO2/c1-16-7-6-8-17(2)23(16)25(28)21-14-27-22-13-19(11-12-20(22)24(21)26)29-15-18-9-4-3-5-10-18/h3-14,25,28H,15H2,1-2H3. The number of nitrogens with zero attached hydrogens (tertiary/aromatic N) is 1. The second-order valence-electron chi connectivity index (χ2n) is 7.19. The molecule has 1 atom stereocenters. The lowest BCUT2D eigenvalue weighted by molar-refractivity contribution is 0.218. The van der Waals surface area contributed by atoms with Crippen LogP contribution in [-0.2, 0) is 6.61 Å². The molecule has 3 aromatic carbocycles. The van der Waals surface area contributed by atoms with Crippen LogP contribution in [0.5, 0.6) is 5.75 Å². The van der Waals surface area contributed by atoms with Crippen LogP contribution in [0, 0.1) is 13.8 Å². The first-order chi connectivity index (χ1) is 14.0. The molecule has 29 heavy (non-hydrogen) atoms. The summed E-state index contributed by atoms with van der Waals surface area (Å²) in [5.74, 6) is 0.730. The molecule has 0 saturated heterocycles. The number of hydrogen-bond acceptors (Lipinski definition) is 3. The van der Waals surface area contributed by atoms with E-state index in [1.54, 1.807) is 6.20 Å². The van der Waals surface area contributed by atoms with E-state index in [0.717, 1.165) is 38.9 Å². The fourth-order valence-corrected chi connectivity index (χ4v) is 3.90. The average Bonchev–Trinajstić information content (AvgIpc) is 2.73. The first-order valence-electron chi connectivity index (χ1n) is 9.53. The van der Waals surface area contributed by atoms with Crippen molar-refractivity contribution in [2.24, 2.45) is 0 Å². The van der Waals surface area contributed by atoms with Gasteiger partial charge >= 0.3 is 0 Å². The van der Waals surface area contributed by atoms with E-state index < -0.39 is 6.10 Å². The van der Waals surface area contributed by atoms with Gasteiger partial charge < -0.3 is 9.84 Å². The van der Waals surface area contributed by atoms with E-state index in [1.165, 1.54) is 0 Å². The summed E-state index contributed by atoms with van der Waals surface area (Å²) in [4.78, 5) is 4.54. The van der Waals surface area contributed by atoms with Crippen molar-refractivity contribution in [1.29, 1.82) is 0 Å². The molecular weight excluding hydrogens is 382 g/mol. The van der Waals surface area contributed by atoms with E-state index in [0.29, 0.717) is 17.2 Å². The predicted molar refractivity (Wildman–Crippen MR) is 118 cm³/mol. The van der Waals surface area contributed by atoms with Crippen LogP contribution in [0.3, 0.4) is 0 Å². The summed E-state index contributed by atoms with van der Waals surface area (Å²) in [6.45, 7) is 4.47. The number of aliphatic hydroxyl groups excluding tert-OH is 1. The van der Waals surface area contributed by atoms with Gasteiger partial charge in [-0.15, -0.1) is 0 Å². The molecule has 1 unspecified atom stereocenters. The Morgan fingerprint density at radius 1 is 0.966 bits per heavy atom. The molecule has 1 heterocycles. The van der Waals surface area contributed by atoms with Crippen LogP contribution in [-0.4, -0.2) is 10.1 Å². The van der Waals surface area contributed by atoms with E-state index in [-0.39, 0.29) is 0 Å². The molecule has 0 saturated carbocycles. The Morgan fingerprint density at radius 3 is 2.41 bits per heavy atom. The van der Waals surface area contributed by atoms with Gasteiger partial charge in [0, 0.05) is 23.2 Å². The SMILES string of the molecule is Cc1cccc(C)c1C(O)c1cnc2cc(OCc3ccccc3)ccc2c1Cl. The second kappa shape index (κ2) is 8.24. The summed E-state index contributed by atoms with van der Waals surface area (Å²) >= 11 is 6.68. The fraction of sp³-hybridized carbons (Fsp3) is 0.160. The summed E-state index contributed by atoms with van der Waals surface area (Å²) in [5, 5.41) is 12.3. The zero-order valence-corrected chi connectivity index (χ0v) is 17.1. The molecular formula is C25H22ClNO2. The number of halogens is 1. The van der Waals surface area contributed by atoms with Gasteiger partial charge in [0.15, 0.2) is 0 Å². The van der Waals surface area contributed by atoms with Crippen LogP contribution in [0.2, 0.25) is 5.02 Å². The van der Waals surface area contributed by atoms with Crippen LogP contribution in [0.15, 0.2) is 72.9 Å². The monoisotopic (exact) mass is 403 g/mol. The van der Waals surface area contributed by atoms with Gasteiger partial charge in [-0.1, -0.05) is 60.1 Å². The van der Waals surface area contributed by atoms with Crippen molar-refractivity contribution in [3.63, 3.8) is 0 Å². The molecule has 0 aliphatic heterocycles. The van der Waals surface area contributed by atoms with Gasteiger partial charge in [0.05, 0.1) is 10.5 Å². The predicted octanol–water partition coefficient (Wildman–Crippen LogP) is 6.17. The highest BCUT2D eigenvalue weighted by Gasteiger charge is 2.20. The number of fused-ring (bicyclic) bond motifs is 1. The summed E-state index contributed by atoms with van der Waals surface area (Å²) in [5.41, 5.74) is 5.37. The molecule has 0 aliphatic rings. The number of ether oxygens (including phenoxy) is 1. The minimum Gasteiger partial charge on any atom is -0.489 e. The quantitative estimate of drug-likeness (QED) is 0.433. The van der Waals surface area contributed by atoms with Crippen molar-refractivity contribution in [1.82, 2.24) is 4.98 Å². The zero-order chi connectivity index (χ0) is 20.4. The molecule has 1 aromatic heterocycles. The second-order valence-corrected chi connectivity index (χ2v) is 7.57. The van der Waals surface area contributed by atoms with Crippen LogP contribution >= 0.6 is 11.6 Å². The van der Waals surface area contributed by atoms with Crippen molar-refractivity contribution >= 4 is 22.5 Å². The van der Waals surface area contributed by atoms with Crippen LogP contribution < -0.4 is 4.74 Å². The number of aromatic nitrogens is 1. The Labute approximate surface area is 175 Å². The molecule has 4 rings (SSSR count). The molecule has 0 spiro atoms. The summed E-state index contributed by atoms with van der Waals surface area (Å²) in [6.07, 6.45) is 0.831. The maximum absolute atomic E-state index is 11.0. The van der Waals surface area contributed by atoms with Crippen molar-refractivity contribution in [3.05, 3.63) is 106 Å². The Bertz CT molecular complexity index is 1140. The molecule has 1 N–H and O–H groups in total. The number of rotatable bonds is 5. The van der Waals surface area contributed by atoms with Crippen LogP contribution in [0.1, 0.15) is 33.9 Å². The lowest BCUT2D eigenvalue weighted by Crippen LogP contribution is -2.06. The van der Waals surface area contributed by atoms with Crippen molar-refractivity contribution < 1.29 is 9.84 Å². The third kappa shape index (κ3) is 3.98. The van der Waals surface area contributed by atoms with Crippen molar-refractivity contribution in [2.45, 2.75) is 26.6 Å². The Balaban J connectivity index is 1.64. The maximum Gasteiger partial charge on any atom is 0.122 e. The summed E-state index contributed by atoms with van der Waals surface area (Å²) in [6, 6.07) is 21.6. The molecule has 4 heteroatoms. The highest BCUT2D eigenvalue weighted by Crippen LogP contribution is 2.36. The van der Waals surface area contributed by atoms with Gasteiger partial charge in [-0.2, -0.15) is 0 Å².